The number of aliphatic carboxylic acids is 1. The van der Waals surface area contributed by atoms with Crippen molar-refractivity contribution >= 4 is 17.8 Å². The highest BCUT2D eigenvalue weighted by molar-refractivity contribution is 5.87. The van der Waals surface area contributed by atoms with Gasteiger partial charge < -0.3 is 15.7 Å². The summed E-state index contributed by atoms with van der Waals surface area (Å²) in [5.74, 6) is -2.14. The number of carboxylic acids is 1. The van der Waals surface area contributed by atoms with Crippen LogP contribution in [-0.4, -0.2) is 39.2 Å². The number of rotatable bonds is 5. The third-order valence-corrected chi connectivity index (χ3v) is 2.11. The Balaban J connectivity index is 2.67. The van der Waals surface area contributed by atoms with Gasteiger partial charge in [-0.05, 0) is 0 Å². The van der Waals surface area contributed by atoms with Crippen LogP contribution in [0, 0.1) is 0 Å². The summed E-state index contributed by atoms with van der Waals surface area (Å²) >= 11 is 0. The molecule has 18 heavy (non-hydrogen) atoms. The molecule has 0 aliphatic heterocycles. The molecule has 3 N–H and O–H groups in total. The Hall–Kier alpha value is -2.38. The molecule has 1 rings (SSSR count). The van der Waals surface area contributed by atoms with Gasteiger partial charge in [-0.15, -0.1) is 0 Å². The maximum atomic E-state index is 11.4. The molecule has 98 valence electrons. The molecule has 0 spiro atoms. The third-order valence-electron chi connectivity index (χ3n) is 2.11. The predicted molar refractivity (Wildman–Crippen MR) is 60.4 cm³/mol. The average molecular weight is 254 g/mol. The highest BCUT2D eigenvalue weighted by Crippen LogP contribution is 2.11. The largest absolute Gasteiger partial charge is 0.479 e. The summed E-state index contributed by atoms with van der Waals surface area (Å²) in [7, 11) is 1.64. The summed E-state index contributed by atoms with van der Waals surface area (Å²) in [5.41, 5.74) is 0.362. The van der Waals surface area contributed by atoms with Crippen molar-refractivity contribution in [2.24, 2.45) is 7.05 Å². The molecule has 0 aromatic carbocycles. The minimum absolute atomic E-state index is 0.265. The van der Waals surface area contributed by atoms with E-state index in [2.05, 4.69) is 15.7 Å². The Morgan fingerprint density at radius 3 is 2.61 bits per heavy atom. The summed E-state index contributed by atoms with van der Waals surface area (Å²) in [6.07, 6.45) is 2.86. The lowest BCUT2D eigenvalue weighted by atomic mass is 10.1. The number of amides is 2. The minimum Gasteiger partial charge on any atom is -0.479 e. The van der Waals surface area contributed by atoms with E-state index in [4.69, 9.17) is 5.11 Å². The van der Waals surface area contributed by atoms with Gasteiger partial charge in [-0.25, -0.2) is 4.79 Å². The van der Waals surface area contributed by atoms with Crippen LogP contribution < -0.4 is 10.6 Å². The van der Waals surface area contributed by atoms with Gasteiger partial charge in [0, 0.05) is 25.7 Å². The van der Waals surface area contributed by atoms with Gasteiger partial charge in [0.15, 0.2) is 6.04 Å². The SMILES string of the molecule is CC(=O)NCC(=O)NC(C(=O)O)c1cnn(C)c1. The number of hydrogen-bond acceptors (Lipinski definition) is 4. The van der Waals surface area contributed by atoms with Crippen molar-refractivity contribution in [1.82, 2.24) is 20.4 Å². The van der Waals surface area contributed by atoms with Gasteiger partial charge in [-0.3, -0.25) is 14.3 Å². The van der Waals surface area contributed by atoms with Crippen molar-refractivity contribution < 1.29 is 19.5 Å². The Labute approximate surface area is 103 Å². The lowest BCUT2D eigenvalue weighted by molar-refractivity contribution is -0.141. The van der Waals surface area contributed by atoms with Crippen LogP contribution >= 0.6 is 0 Å². The number of carbonyl (C=O) groups excluding carboxylic acids is 2. The molecule has 1 aromatic rings. The van der Waals surface area contributed by atoms with Crippen molar-refractivity contribution in [2.75, 3.05) is 6.54 Å². The molecule has 1 atom stereocenters. The van der Waals surface area contributed by atoms with E-state index in [-0.39, 0.29) is 12.5 Å². The number of nitrogens with one attached hydrogen (secondary N) is 2. The van der Waals surface area contributed by atoms with Gasteiger partial charge in [-0.2, -0.15) is 5.10 Å². The van der Waals surface area contributed by atoms with E-state index in [9.17, 15) is 14.4 Å². The highest BCUT2D eigenvalue weighted by atomic mass is 16.4. The summed E-state index contributed by atoms with van der Waals surface area (Å²) in [4.78, 5) is 33.1. The van der Waals surface area contributed by atoms with Gasteiger partial charge in [0.05, 0.1) is 12.7 Å². The second kappa shape index (κ2) is 5.80. The Morgan fingerprint density at radius 1 is 1.50 bits per heavy atom. The third kappa shape index (κ3) is 3.89. The molecule has 0 saturated heterocycles. The molecule has 0 radical (unpaired) electrons. The molecule has 0 aliphatic carbocycles. The number of aromatic nitrogens is 2. The van der Waals surface area contributed by atoms with Crippen LogP contribution in [0.4, 0.5) is 0 Å². The monoisotopic (exact) mass is 254 g/mol. The van der Waals surface area contributed by atoms with Crippen molar-refractivity contribution in [2.45, 2.75) is 13.0 Å². The average Bonchev–Trinajstić information content (AvgIpc) is 2.69. The molecule has 0 saturated carbocycles. The van der Waals surface area contributed by atoms with Gasteiger partial charge in [0.25, 0.3) is 0 Å². The van der Waals surface area contributed by atoms with E-state index in [1.807, 2.05) is 0 Å². The van der Waals surface area contributed by atoms with E-state index in [1.165, 1.54) is 24.0 Å². The Kier molecular flexibility index (Phi) is 4.41. The molecule has 8 nitrogen and oxygen atoms in total. The van der Waals surface area contributed by atoms with Gasteiger partial charge in [-0.1, -0.05) is 0 Å². The van der Waals surface area contributed by atoms with Crippen molar-refractivity contribution in [3.8, 4) is 0 Å². The van der Waals surface area contributed by atoms with Crippen molar-refractivity contribution in [3.05, 3.63) is 18.0 Å². The molecule has 1 heterocycles. The van der Waals surface area contributed by atoms with Crippen LogP contribution in [0.3, 0.4) is 0 Å². The zero-order valence-corrected chi connectivity index (χ0v) is 10.0. The molecular weight excluding hydrogens is 240 g/mol. The quantitative estimate of drug-likeness (QED) is 0.610. The van der Waals surface area contributed by atoms with E-state index in [0.717, 1.165) is 0 Å². The summed E-state index contributed by atoms with van der Waals surface area (Å²) < 4.78 is 1.44. The first-order valence-electron chi connectivity index (χ1n) is 5.15. The summed E-state index contributed by atoms with van der Waals surface area (Å²) in [5, 5.41) is 17.4. The number of hydrogen-bond donors (Lipinski definition) is 3. The van der Waals surface area contributed by atoms with Gasteiger partial charge in [0.2, 0.25) is 11.8 Å². The zero-order valence-electron chi connectivity index (χ0n) is 10.0. The van der Waals surface area contributed by atoms with Gasteiger partial charge in [0.1, 0.15) is 0 Å². The summed E-state index contributed by atoms with van der Waals surface area (Å²) in [6, 6.07) is -1.18. The van der Waals surface area contributed by atoms with E-state index in [1.54, 1.807) is 7.05 Å². The standard InChI is InChI=1S/C10H14N4O4/c1-6(15)11-4-8(16)13-9(10(17)18)7-3-12-14(2)5-7/h3,5,9H,4H2,1-2H3,(H,11,15)(H,13,16)(H,17,18). The second-order valence-electron chi connectivity index (χ2n) is 3.70. The topological polar surface area (TPSA) is 113 Å². The highest BCUT2D eigenvalue weighted by Gasteiger charge is 2.23. The minimum atomic E-state index is -1.20. The van der Waals surface area contributed by atoms with Crippen LogP contribution in [-0.2, 0) is 21.4 Å². The second-order valence-corrected chi connectivity index (χ2v) is 3.70. The lowest BCUT2D eigenvalue weighted by Gasteiger charge is -2.12. The normalized spacial score (nSPS) is 11.7. The van der Waals surface area contributed by atoms with Crippen LogP contribution in [0.15, 0.2) is 12.4 Å². The van der Waals surface area contributed by atoms with E-state index >= 15 is 0 Å². The molecule has 8 heteroatoms. The fraction of sp³-hybridized carbons (Fsp3) is 0.400. The van der Waals surface area contributed by atoms with Crippen molar-refractivity contribution in [3.63, 3.8) is 0 Å². The van der Waals surface area contributed by atoms with Crippen LogP contribution in [0.2, 0.25) is 0 Å². The van der Waals surface area contributed by atoms with E-state index in [0.29, 0.717) is 5.56 Å². The Morgan fingerprint density at radius 2 is 2.17 bits per heavy atom. The molecular formula is C10H14N4O4. The number of carbonyl (C=O) groups is 3. The van der Waals surface area contributed by atoms with Crippen LogP contribution in [0.5, 0.6) is 0 Å². The van der Waals surface area contributed by atoms with Gasteiger partial charge >= 0.3 is 5.97 Å². The number of nitrogens with zero attached hydrogens (tertiary/aromatic N) is 2. The summed E-state index contributed by atoms with van der Waals surface area (Å²) in [6.45, 7) is 1.00. The maximum Gasteiger partial charge on any atom is 0.331 e. The molecule has 0 bridgehead atoms. The molecule has 1 aromatic heterocycles. The maximum absolute atomic E-state index is 11.4. The van der Waals surface area contributed by atoms with Crippen LogP contribution in [0.25, 0.3) is 0 Å². The number of aryl methyl sites for hydroxylation is 1. The first-order chi connectivity index (χ1) is 8.40. The first-order valence-corrected chi connectivity index (χ1v) is 5.15. The van der Waals surface area contributed by atoms with E-state index < -0.39 is 17.9 Å². The van der Waals surface area contributed by atoms with Crippen LogP contribution in [0.1, 0.15) is 18.5 Å². The fourth-order valence-corrected chi connectivity index (χ4v) is 1.29. The smallest absolute Gasteiger partial charge is 0.331 e. The van der Waals surface area contributed by atoms with Crippen molar-refractivity contribution in [1.29, 1.82) is 0 Å². The molecule has 0 aliphatic rings. The first kappa shape index (κ1) is 13.7. The predicted octanol–water partition coefficient (Wildman–Crippen LogP) is -1.20. The molecule has 2 amide bonds. The fourth-order valence-electron chi connectivity index (χ4n) is 1.29. The number of carboxylic acid groups (broad SMARTS) is 1. The molecule has 1 unspecified atom stereocenters. The molecule has 0 fully saturated rings. The zero-order chi connectivity index (χ0) is 13.7. The Bertz CT molecular complexity index is 468. The lowest BCUT2D eigenvalue weighted by Crippen LogP contribution is -2.40.